The third-order valence-corrected chi connectivity index (χ3v) is 4.31. The Kier molecular flexibility index (Phi) is 4.29. The average molecular weight is 301 g/mol. The van der Waals surface area contributed by atoms with E-state index in [4.69, 9.17) is 5.73 Å². The highest BCUT2D eigenvalue weighted by Crippen LogP contribution is 2.27. The third-order valence-electron chi connectivity index (χ3n) is 4.31. The molecule has 3 unspecified atom stereocenters. The molecule has 118 valence electrons. The lowest BCUT2D eigenvalue weighted by molar-refractivity contribution is -0.130. The number of anilines is 1. The van der Waals surface area contributed by atoms with Crippen LogP contribution in [0.2, 0.25) is 0 Å². The molecule has 5 N–H and O–H groups in total. The molecule has 0 bridgehead atoms. The van der Waals surface area contributed by atoms with Gasteiger partial charge < -0.3 is 16.4 Å². The first-order valence-corrected chi connectivity index (χ1v) is 7.85. The number of carbonyl (C=O) groups excluding carboxylic acids is 1. The van der Waals surface area contributed by atoms with Crippen LogP contribution in [-0.4, -0.2) is 24.2 Å². The van der Waals surface area contributed by atoms with Crippen molar-refractivity contribution in [1.82, 2.24) is 10.6 Å². The van der Waals surface area contributed by atoms with Crippen molar-refractivity contribution in [1.29, 1.82) is 0 Å². The number of rotatable bonds is 2. The number of nitrogens with two attached hydrogens (primary N) is 1. The first kappa shape index (κ1) is 14.8. The molecule has 0 radical (unpaired) electrons. The summed E-state index contributed by atoms with van der Waals surface area (Å²) in [7, 11) is 0. The Bertz CT molecular complexity index is 586. The quantitative estimate of drug-likeness (QED) is 0.489. The number of hydrogen-bond donors (Lipinski definition) is 4. The molecule has 1 saturated heterocycles. The highest BCUT2D eigenvalue weighted by atomic mass is 16.2. The maximum atomic E-state index is 12.1. The first-order chi connectivity index (χ1) is 10.6. The maximum absolute atomic E-state index is 12.1. The monoisotopic (exact) mass is 301 g/mol. The summed E-state index contributed by atoms with van der Waals surface area (Å²) >= 11 is 0. The normalized spacial score (nSPS) is 28.7. The van der Waals surface area contributed by atoms with Gasteiger partial charge in [0.2, 0.25) is 5.91 Å². The van der Waals surface area contributed by atoms with Crippen molar-refractivity contribution >= 4 is 17.6 Å². The molecule has 2 aliphatic rings. The van der Waals surface area contributed by atoms with Crippen LogP contribution >= 0.6 is 0 Å². The molecule has 0 aromatic heterocycles. The van der Waals surface area contributed by atoms with E-state index < -0.39 is 6.29 Å². The van der Waals surface area contributed by atoms with Gasteiger partial charge in [-0.25, -0.2) is 4.99 Å². The van der Waals surface area contributed by atoms with Gasteiger partial charge in [0.25, 0.3) is 0 Å². The zero-order valence-corrected chi connectivity index (χ0v) is 12.8. The molecule has 6 heteroatoms. The van der Waals surface area contributed by atoms with E-state index in [0.717, 1.165) is 36.9 Å². The van der Waals surface area contributed by atoms with E-state index in [1.807, 2.05) is 31.2 Å². The SMILES string of the molecule is Cc1cccc(N/C(N)=N/C2NC(=O)C3CCCCC3N2)c1. The number of guanidine groups is 1. The standard InChI is InChI=1S/C16H23N5O/c1-10-5-4-6-11(9-10)18-15(17)21-16-19-13-8-3-2-7-12(13)14(22)20-16/h4-6,9,12-13,16,19H,2-3,7-8H2,1H3,(H,20,22)(H3,17,18,21). The number of nitrogens with one attached hydrogen (secondary N) is 3. The minimum Gasteiger partial charge on any atom is -0.370 e. The van der Waals surface area contributed by atoms with E-state index in [2.05, 4.69) is 20.9 Å². The van der Waals surface area contributed by atoms with E-state index >= 15 is 0 Å². The Morgan fingerprint density at radius 3 is 3.00 bits per heavy atom. The molecule has 3 rings (SSSR count). The van der Waals surface area contributed by atoms with Crippen LogP contribution < -0.4 is 21.7 Å². The van der Waals surface area contributed by atoms with Crippen LogP contribution in [0.25, 0.3) is 0 Å². The Morgan fingerprint density at radius 2 is 2.18 bits per heavy atom. The number of hydrogen-bond acceptors (Lipinski definition) is 3. The molecule has 1 heterocycles. The van der Waals surface area contributed by atoms with Crippen LogP contribution in [0.1, 0.15) is 31.2 Å². The van der Waals surface area contributed by atoms with Crippen LogP contribution in [0.15, 0.2) is 29.3 Å². The van der Waals surface area contributed by atoms with Crippen molar-refractivity contribution in [3.8, 4) is 0 Å². The van der Waals surface area contributed by atoms with E-state index in [-0.39, 0.29) is 23.8 Å². The summed E-state index contributed by atoms with van der Waals surface area (Å²) < 4.78 is 0. The number of aliphatic imine (C=N–C) groups is 1. The number of benzene rings is 1. The van der Waals surface area contributed by atoms with Crippen molar-refractivity contribution in [2.45, 2.75) is 44.9 Å². The van der Waals surface area contributed by atoms with Crippen molar-refractivity contribution in [3.63, 3.8) is 0 Å². The molecule has 22 heavy (non-hydrogen) atoms. The average Bonchev–Trinajstić information content (AvgIpc) is 2.47. The fraction of sp³-hybridized carbons (Fsp3) is 0.500. The summed E-state index contributed by atoms with van der Waals surface area (Å²) in [6.07, 6.45) is 3.81. The molecule has 0 spiro atoms. The summed E-state index contributed by atoms with van der Waals surface area (Å²) in [6.45, 7) is 2.02. The molecule has 1 saturated carbocycles. The predicted octanol–water partition coefficient (Wildman–Crippen LogP) is 1.28. The molecule has 1 aromatic carbocycles. The van der Waals surface area contributed by atoms with Gasteiger partial charge in [-0.3, -0.25) is 10.1 Å². The van der Waals surface area contributed by atoms with E-state index in [9.17, 15) is 4.79 Å². The van der Waals surface area contributed by atoms with Crippen LogP contribution in [0.5, 0.6) is 0 Å². The van der Waals surface area contributed by atoms with Gasteiger partial charge >= 0.3 is 0 Å². The molecule has 6 nitrogen and oxygen atoms in total. The van der Waals surface area contributed by atoms with Crippen LogP contribution in [-0.2, 0) is 4.79 Å². The Morgan fingerprint density at radius 1 is 1.36 bits per heavy atom. The second-order valence-corrected chi connectivity index (χ2v) is 6.08. The second kappa shape index (κ2) is 6.36. The van der Waals surface area contributed by atoms with Gasteiger partial charge in [-0.05, 0) is 37.5 Å². The predicted molar refractivity (Wildman–Crippen MR) is 87.2 cm³/mol. The molecule has 1 aliphatic carbocycles. The lowest BCUT2D eigenvalue weighted by atomic mass is 9.83. The zero-order valence-electron chi connectivity index (χ0n) is 12.8. The van der Waals surface area contributed by atoms with Gasteiger partial charge in [-0.15, -0.1) is 0 Å². The third kappa shape index (κ3) is 3.39. The largest absolute Gasteiger partial charge is 0.370 e. The van der Waals surface area contributed by atoms with Crippen LogP contribution in [0.3, 0.4) is 0 Å². The number of amides is 1. The van der Waals surface area contributed by atoms with Crippen molar-refractivity contribution < 1.29 is 4.79 Å². The van der Waals surface area contributed by atoms with Gasteiger partial charge in [0.05, 0.1) is 5.92 Å². The molecule has 2 fully saturated rings. The van der Waals surface area contributed by atoms with Crippen LogP contribution in [0.4, 0.5) is 5.69 Å². The van der Waals surface area contributed by atoms with Crippen molar-refractivity contribution in [2.75, 3.05) is 5.32 Å². The molecule has 1 aromatic rings. The zero-order chi connectivity index (χ0) is 15.5. The topological polar surface area (TPSA) is 91.5 Å². The Balaban J connectivity index is 1.65. The minimum absolute atomic E-state index is 0.0751. The molecule has 1 aliphatic heterocycles. The molecular weight excluding hydrogens is 278 g/mol. The summed E-state index contributed by atoms with van der Waals surface area (Å²) in [5.41, 5.74) is 7.98. The van der Waals surface area contributed by atoms with E-state index in [1.165, 1.54) is 0 Å². The highest BCUT2D eigenvalue weighted by molar-refractivity contribution is 5.92. The molecule has 1 amide bonds. The van der Waals surface area contributed by atoms with Crippen molar-refractivity contribution in [3.05, 3.63) is 29.8 Å². The van der Waals surface area contributed by atoms with Gasteiger partial charge in [-0.1, -0.05) is 25.0 Å². The van der Waals surface area contributed by atoms with E-state index in [1.54, 1.807) is 0 Å². The number of carbonyl (C=O) groups is 1. The summed E-state index contributed by atoms with van der Waals surface area (Å²) in [6, 6.07) is 8.11. The van der Waals surface area contributed by atoms with Crippen molar-refractivity contribution in [2.24, 2.45) is 16.6 Å². The fourth-order valence-corrected chi connectivity index (χ4v) is 3.24. The molecule has 3 atom stereocenters. The Labute approximate surface area is 130 Å². The second-order valence-electron chi connectivity index (χ2n) is 6.08. The lowest BCUT2D eigenvalue weighted by Crippen LogP contribution is -2.61. The highest BCUT2D eigenvalue weighted by Gasteiger charge is 2.37. The number of aryl methyl sites for hydroxylation is 1. The van der Waals surface area contributed by atoms with Gasteiger partial charge in [0.1, 0.15) is 0 Å². The first-order valence-electron chi connectivity index (χ1n) is 7.85. The lowest BCUT2D eigenvalue weighted by Gasteiger charge is -2.38. The summed E-state index contributed by atoms with van der Waals surface area (Å²) in [5, 5.41) is 9.31. The fourth-order valence-electron chi connectivity index (χ4n) is 3.24. The molecular formula is C16H23N5O. The summed E-state index contributed by atoms with van der Waals surface area (Å²) in [4.78, 5) is 16.5. The van der Waals surface area contributed by atoms with Crippen LogP contribution in [0, 0.1) is 12.8 Å². The van der Waals surface area contributed by atoms with E-state index in [0.29, 0.717) is 0 Å². The number of nitrogens with zero attached hydrogens (tertiary/aromatic N) is 1. The summed E-state index contributed by atoms with van der Waals surface area (Å²) in [5.74, 6) is 0.448. The maximum Gasteiger partial charge on any atom is 0.227 e. The number of fused-ring (bicyclic) bond motifs is 1. The van der Waals surface area contributed by atoms with Gasteiger partial charge in [-0.2, -0.15) is 0 Å². The smallest absolute Gasteiger partial charge is 0.227 e. The minimum atomic E-state index is -0.454. The van der Waals surface area contributed by atoms with Gasteiger partial charge in [0.15, 0.2) is 12.2 Å². The van der Waals surface area contributed by atoms with Gasteiger partial charge in [0, 0.05) is 11.7 Å². The Hall–Kier alpha value is -2.08.